The number of aliphatic hydroxyl groups excluding tert-OH is 3. The van der Waals surface area contributed by atoms with Crippen LogP contribution < -0.4 is 0 Å². The molecule has 104 valence electrons. The molecule has 0 amide bonds. The van der Waals surface area contributed by atoms with E-state index in [4.69, 9.17) is 10.2 Å². The summed E-state index contributed by atoms with van der Waals surface area (Å²) in [7, 11) is 0. The second-order valence-electron chi connectivity index (χ2n) is 3.09. The van der Waals surface area contributed by atoms with Gasteiger partial charge in [-0.2, -0.15) is 0 Å². The average molecular weight is 266 g/mol. The van der Waals surface area contributed by atoms with Gasteiger partial charge in [-0.25, -0.2) is 0 Å². The predicted molar refractivity (Wildman–Crippen MR) is 53.0 cm³/mol. The maximum atomic E-state index is 10.3. The van der Waals surface area contributed by atoms with Gasteiger partial charge in [0.05, 0.1) is 13.2 Å². The lowest BCUT2D eigenvalue weighted by Gasteiger charge is -2.29. The number of carbonyl (C=O) groups is 3. The Morgan fingerprint density at radius 1 is 0.833 bits per heavy atom. The van der Waals surface area contributed by atoms with E-state index in [2.05, 4.69) is 14.2 Å². The number of carbonyl (C=O) groups excluding carboxylic acids is 3. The maximum Gasteiger partial charge on any atom is 0.293 e. The third-order valence-electron chi connectivity index (χ3n) is 2.12. The van der Waals surface area contributed by atoms with Crippen LogP contribution in [0, 0.1) is 0 Å². The lowest BCUT2D eigenvalue weighted by atomic mass is 10.0. The van der Waals surface area contributed by atoms with Crippen molar-refractivity contribution in [2.45, 2.75) is 24.4 Å². The molecule has 0 rings (SSSR count). The summed E-state index contributed by atoms with van der Waals surface area (Å²) in [6, 6.07) is 0. The highest BCUT2D eigenvalue weighted by Gasteiger charge is 2.37. The Hall–Kier alpha value is -1.71. The highest BCUT2D eigenvalue weighted by Crippen LogP contribution is 2.13. The van der Waals surface area contributed by atoms with Crippen molar-refractivity contribution in [2.75, 3.05) is 13.2 Å². The van der Waals surface area contributed by atoms with E-state index in [0.717, 1.165) is 0 Å². The Labute approximate surface area is 102 Å². The fourth-order valence-corrected chi connectivity index (χ4v) is 1.26. The first-order chi connectivity index (χ1) is 8.65. The van der Waals surface area contributed by atoms with E-state index in [9.17, 15) is 19.5 Å². The number of hydrogen-bond acceptors (Lipinski definition) is 9. The molecule has 0 spiro atoms. The van der Waals surface area contributed by atoms with Gasteiger partial charge in [0, 0.05) is 0 Å². The molecular formula is C9H14O9. The molecule has 0 aliphatic rings. The molecule has 0 bridgehead atoms. The number of rotatable bonds is 11. The summed E-state index contributed by atoms with van der Waals surface area (Å²) in [4.78, 5) is 30.6. The summed E-state index contributed by atoms with van der Waals surface area (Å²) >= 11 is 0. The maximum absolute atomic E-state index is 10.3. The average Bonchev–Trinajstić information content (AvgIpc) is 2.39. The molecule has 3 N–H and O–H groups in total. The van der Waals surface area contributed by atoms with E-state index in [0.29, 0.717) is 0 Å². The predicted octanol–water partition coefficient (Wildman–Crippen LogP) is -3.04. The van der Waals surface area contributed by atoms with Gasteiger partial charge in [0.15, 0.2) is 18.3 Å². The first kappa shape index (κ1) is 16.3. The smallest absolute Gasteiger partial charge is 0.293 e. The Morgan fingerprint density at radius 2 is 1.28 bits per heavy atom. The standard InChI is InChI=1S/C9H14O9/c10-1-6(16-3-12)8(15)9(18-5-14)7(2-11)17-4-13/h3-11,15H,1-2H2. The van der Waals surface area contributed by atoms with Crippen molar-refractivity contribution in [1.82, 2.24) is 0 Å². The molecule has 0 saturated carbocycles. The summed E-state index contributed by atoms with van der Waals surface area (Å²) in [5.74, 6) is 0. The molecule has 9 heteroatoms. The van der Waals surface area contributed by atoms with Gasteiger partial charge in [0.25, 0.3) is 19.4 Å². The van der Waals surface area contributed by atoms with Crippen molar-refractivity contribution in [1.29, 1.82) is 0 Å². The molecule has 9 nitrogen and oxygen atoms in total. The molecular weight excluding hydrogens is 252 g/mol. The first-order valence-corrected chi connectivity index (χ1v) is 4.83. The molecule has 4 unspecified atom stereocenters. The van der Waals surface area contributed by atoms with Gasteiger partial charge >= 0.3 is 0 Å². The summed E-state index contributed by atoms with van der Waals surface area (Å²) < 4.78 is 13.2. The Morgan fingerprint density at radius 3 is 1.67 bits per heavy atom. The van der Waals surface area contributed by atoms with E-state index in [1.54, 1.807) is 0 Å². The van der Waals surface area contributed by atoms with Crippen molar-refractivity contribution >= 4 is 19.4 Å². The third kappa shape index (κ3) is 4.65. The van der Waals surface area contributed by atoms with Gasteiger partial charge in [-0.05, 0) is 0 Å². The summed E-state index contributed by atoms with van der Waals surface area (Å²) in [5.41, 5.74) is 0. The molecule has 4 atom stereocenters. The topological polar surface area (TPSA) is 140 Å². The van der Waals surface area contributed by atoms with Crippen LogP contribution in [0.3, 0.4) is 0 Å². The molecule has 0 aliphatic heterocycles. The Balaban J connectivity index is 4.86. The van der Waals surface area contributed by atoms with Gasteiger partial charge in [-0.3, -0.25) is 14.4 Å². The highest BCUT2D eigenvalue weighted by molar-refractivity contribution is 5.40. The molecule has 0 aromatic heterocycles. The van der Waals surface area contributed by atoms with Gasteiger partial charge < -0.3 is 29.5 Å². The molecule has 0 aliphatic carbocycles. The summed E-state index contributed by atoms with van der Waals surface area (Å²) in [6.45, 7) is -1.56. The van der Waals surface area contributed by atoms with E-state index in [-0.39, 0.29) is 19.4 Å². The molecule has 0 heterocycles. The largest absolute Gasteiger partial charge is 0.459 e. The quantitative estimate of drug-likeness (QED) is 0.263. The number of aliphatic hydroxyl groups is 3. The molecule has 0 aromatic rings. The minimum Gasteiger partial charge on any atom is -0.459 e. The van der Waals surface area contributed by atoms with Crippen LogP contribution >= 0.6 is 0 Å². The van der Waals surface area contributed by atoms with Crippen molar-refractivity contribution in [3.63, 3.8) is 0 Å². The Kier molecular flexibility index (Phi) is 8.45. The minimum absolute atomic E-state index is 0.0106. The van der Waals surface area contributed by atoms with Crippen molar-refractivity contribution in [3.8, 4) is 0 Å². The van der Waals surface area contributed by atoms with Gasteiger partial charge in [-0.15, -0.1) is 0 Å². The molecule has 0 radical (unpaired) electrons. The number of ether oxygens (including phenoxy) is 3. The second kappa shape index (κ2) is 9.33. The SMILES string of the molecule is O=COC(CO)C(O)C(OC=O)C(CO)OC=O. The van der Waals surface area contributed by atoms with Gasteiger partial charge in [0.2, 0.25) is 0 Å². The zero-order valence-corrected chi connectivity index (χ0v) is 9.25. The molecule has 18 heavy (non-hydrogen) atoms. The zero-order chi connectivity index (χ0) is 14.0. The fraction of sp³-hybridized carbons (Fsp3) is 0.667. The van der Waals surface area contributed by atoms with Crippen LogP contribution in [0.1, 0.15) is 0 Å². The van der Waals surface area contributed by atoms with Crippen LogP contribution in [0.15, 0.2) is 0 Å². The van der Waals surface area contributed by atoms with Gasteiger partial charge in [-0.1, -0.05) is 0 Å². The van der Waals surface area contributed by atoms with E-state index in [1.165, 1.54) is 0 Å². The highest BCUT2D eigenvalue weighted by atomic mass is 16.6. The van der Waals surface area contributed by atoms with Crippen LogP contribution in [0.25, 0.3) is 0 Å². The van der Waals surface area contributed by atoms with E-state index in [1.807, 2.05) is 0 Å². The monoisotopic (exact) mass is 266 g/mol. The van der Waals surface area contributed by atoms with E-state index >= 15 is 0 Å². The van der Waals surface area contributed by atoms with Crippen molar-refractivity contribution in [3.05, 3.63) is 0 Å². The molecule has 0 fully saturated rings. The number of hydrogen-bond donors (Lipinski definition) is 3. The minimum atomic E-state index is -1.68. The lowest BCUT2D eigenvalue weighted by molar-refractivity contribution is -0.180. The molecule has 0 aromatic carbocycles. The fourth-order valence-electron chi connectivity index (χ4n) is 1.26. The van der Waals surface area contributed by atoms with Gasteiger partial charge in [0.1, 0.15) is 6.10 Å². The summed E-state index contributed by atoms with van der Waals surface area (Å²) in [6.07, 6.45) is -5.92. The normalized spacial score (nSPS) is 16.8. The van der Waals surface area contributed by atoms with Crippen molar-refractivity contribution < 1.29 is 43.9 Å². The van der Waals surface area contributed by atoms with Crippen LogP contribution in [0.2, 0.25) is 0 Å². The van der Waals surface area contributed by atoms with Crippen LogP contribution in [0.4, 0.5) is 0 Å². The summed E-state index contributed by atoms with van der Waals surface area (Å²) in [5, 5.41) is 27.5. The van der Waals surface area contributed by atoms with Crippen LogP contribution in [-0.4, -0.2) is 72.4 Å². The first-order valence-electron chi connectivity index (χ1n) is 4.83. The molecule has 0 saturated heterocycles. The van der Waals surface area contributed by atoms with Crippen LogP contribution in [-0.2, 0) is 28.6 Å². The Bertz CT molecular complexity index is 256. The second-order valence-corrected chi connectivity index (χ2v) is 3.09. The van der Waals surface area contributed by atoms with Crippen molar-refractivity contribution in [2.24, 2.45) is 0 Å². The van der Waals surface area contributed by atoms with Crippen LogP contribution in [0.5, 0.6) is 0 Å². The zero-order valence-electron chi connectivity index (χ0n) is 9.25. The van der Waals surface area contributed by atoms with E-state index < -0.39 is 37.6 Å². The third-order valence-corrected chi connectivity index (χ3v) is 2.12. The lowest BCUT2D eigenvalue weighted by Crippen LogP contribution is -2.50.